The molecule has 5 nitrogen and oxygen atoms in total. The molecule has 1 aliphatic heterocycles. The molecule has 0 fully saturated rings. The van der Waals surface area contributed by atoms with Crippen molar-refractivity contribution in [3.05, 3.63) is 30.2 Å². The highest BCUT2D eigenvalue weighted by atomic mass is 16.3. The molecule has 0 spiro atoms. The molecule has 1 unspecified atom stereocenters. The summed E-state index contributed by atoms with van der Waals surface area (Å²) in [5.74, 6) is 1.49. The molecule has 0 saturated carbocycles. The zero-order valence-corrected chi connectivity index (χ0v) is 8.74. The van der Waals surface area contributed by atoms with Crippen LogP contribution in [-0.2, 0) is 13.0 Å². The summed E-state index contributed by atoms with van der Waals surface area (Å²) in [6, 6.07) is 5.66. The Morgan fingerprint density at radius 3 is 3.12 bits per heavy atom. The first kappa shape index (κ1) is 9.47. The second-order valence-electron chi connectivity index (χ2n) is 3.94. The molecule has 1 atom stereocenters. The topological polar surface area (TPSA) is 63.8 Å². The normalized spacial score (nSPS) is 19.4. The molecule has 1 N–H and O–H groups in total. The van der Waals surface area contributed by atoms with E-state index in [1.807, 2.05) is 22.9 Å². The van der Waals surface area contributed by atoms with Crippen molar-refractivity contribution in [1.82, 2.24) is 19.7 Å². The molecule has 5 heteroatoms. The summed E-state index contributed by atoms with van der Waals surface area (Å²) >= 11 is 0. The maximum absolute atomic E-state index is 9.54. The third-order valence-electron chi connectivity index (χ3n) is 2.73. The minimum Gasteiger partial charge on any atom is -0.393 e. The summed E-state index contributed by atoms with van der Waals surface area (Å²) in [4.78, 5) is 8.61. The van der Waals surface area contributed by atoms with Crippen LogP contribution in [0.1, 0.15) is 12.2 Å². The van der Waals surface area contributed by atoms with E-state index in [-0.39, 0.29) is 6.10 Å². The molecule has 3 rings (SSSR count). The quantitative estimate of drug-likeness (QED) is 0.760. The Kier molecular flexibility index (Phi) is 2.18. The van der Waals surface area contributed by atoms with Crippen molar-refractivity contribution in [2.24, 2.45) is 0 Å². The standard InChI is InChI=1S/C11H12N4O/c16-8-4-6-15-10(7-8)13-11(14-15)9-3-1-2-5-12-9/h1-3,5,8,16H,4,6-7H2. The maximum Gasteiger partial charge on any atom is 0.200 e. The fourth-order valence-electron chi connectivity index (χ4n) is 1.89. The van der Waals surface area contributed by atoms with Gasteiger partial charge >= 0.3 is 0 Å². The van der Waals surface area contributed by atoms with Gasteiger partial charge in [0, 0.05) is 19.2 Å². The van der Waals surface area contributed by atoms with E-state index in [0.29, 0.717) is 12.2 Å². The van der Waals surface area contributed by atoms with E-state index < -0.39 is 0 Å². The fourth-order valence-corrected chi connectivity index (χ4v) is 1.89. The van der Waals surface area contributed by atoms with Gasteiger partial charge in [0.2, 0.25) is 0 Å². The van der Waals surface area contributed by atoms with Crippen LogP contribution in [0, 0.1) is 0 Å². The molecular formula is C11H12N4O. The lowest BCUT2D eigenvalue weighted by molar-refractivity contribution is 0.138. The van der Waals surface area contributed by atoms with Gasteiger partial charge in [-0.2, -0.15) is 0 Å². The van der Waals surface area contributed by atoms with Gasteiger partial charge in [-0.15, -0.1) is 5.10 Å². The number of aliphatic hydroxyl groups is 1. The highest BCUT2D eigenvalue weighted by molar-refractivity contribution is 5.47. The summed E-state index contributed by atoms with van der Waals surface area (Å²) in [5.41, 5.74) is 0.777. The minimum atomic E-state index is -0.284. The first-order valence-electron chi connectivity index (χ1n) is 5.36. The number of rotatable bonds is 1. The Morgan fingerprint density at radius 2 is 2.31 bits per heavy atom. The number of aryl methyl sites for hydroxylation is 1. The van der Waals surface area contributed by atoms with Crippen molar-refractivity contribution in [2.45, 2.75) is 25.5 Å². The molecule has 0 amide bonds. The largest absolute Gasteiger partial charge is 0.393 e. The highest BCUT2D eigenvalue weighted by Crippen LogP contribution is 2.17. The van der Waals surface area contributed by atoms with E-state index in [1.165, 1.54) is 0 Å². The molecule has 0 bridgehead atoms. The van der Waals surface area contributed by atoms with Gasteiger partial charge in [-0.3, -0.25) is 4.98 Å². The lowest BCUT2D eigenvalue weighted by Crippen LogP contribution is -2.23. The Morgan fingerprint density at radius 1 is 1.38 bits per heavy atom. The third kappa shape index (κ3) is 1.59. The number of nitrogens with zero attached hydrogens (tertiary/aromatic N) is 4. The fraction of sp³-hybridized carbons (Fsp3) is 0.364. The van der Waals surface area contributed by atoms with Crippen LogP contribution in [0.3, 0.4) is 0 Å². The van der Waals surface area contributed by atoms with E-state index in [4.69, 9.17) is 0 Å². The van der Waals surface area contributed by atoms with Gasteiger partial charge in [-0.1, -0.05) is 6.07 Å². The predicted molar refractivity (Wildman–Crippen MR) is 57.6 cm³/mol. The lowest BCUT2D eigenvalue weighted by atomic mass is 10.1. The second kappa shape index (κ2) is 3.68. The smallest absolute Gasteiger partial charge is 0.200 e. The molecule has 2 aromatic rings. The molecule has 0 radical (unpaired) electrons. The molecule has 0 saturated heterocycles. The molecule has 0 aromatic carbocycles. The summed E-state index contributed by atoms with van der Waals surface area (Å²) < 4.78 is 1.86. The average molecular weight is 216 g/mol. The van der Waals surface area contributed by atoms with Gasteiger partial charge in [-0.05, 0) is 18.6 Å². The summed E-state index contributed by atoms with van der Waals surface area (Å²) in [7, 11) is 0. The molecule has 1 aliphatic rings. The van der Waals surface area contributed by atoms with Crippen LogP contribution >= 0.6 is 0 Å². The van der Waals surface area contributed by atoms with Crippen LogP contribution in [-0.4, -0.2) is 31.0 Å². The minimum absolute atomic E-state index is 0.284. The molecule has 82 valence electrons. The van der Waals surface area contributed by atoms with Crippen LogP contribution in [0.4, 0.5) is 0 Å². The number of aromatic nitrogens is 4. The lowest BCUT2D eigenvalue weighted by Gasteiger charge is -2.16. The van der Waals surface area contributed by atoms with Crippen molar-refractivity contribution in [2.75, 3.05) is 0 Å². The van der Waals surface area contributed by atoms with Gasteiger partial charge in [0.1, 0.15) is 11.5 Å². The third-order valence-corrected chi connectivity index (χ3v) is 2.73. The zero-order valence-electron chi connectivity index (χ0n) is 8.74. The predicted octanol–water partition coefficient (Wildman–Crippen LogP) is 0.647. The maximum atomic E-state index is 9.54. The Hall–Kier alpha value is -1.75. The first-order chi connectivity index (χ1) is 7.83. The Labute approximate surface area is 92.8 Å². The van der Waals surface area contributed by atoms with Crippen LogP contribution in [0.2, 0.25) is 0 Å². The van der Waals surface area contributed by atoms with Crippen molar-refractivity contribution in [1.29, 1.82) is 0 Å². The Bertz CT molecular complexity index is 494. The number of hydrogen-bond donors (Lipinski definition) is 1. The molecule has 16 heavy (non-hydrogen) atoms. The van der Waals surface area contributed by atoms with Crippen molar-refractivity contribution in [3.8, 4) is 11.5 Å². The number of aliphatic hydroxyl groups excluding tert-OH is 1. The van der Waals surface area contributed by atoms with Crippen LogP contribution in [0.15, 0.2) is 24.4 Å². The Balaban J connectivity index is 1.99. The monoisotopic (exact) mass is 216 g/mol. The van der Waals surface area contributed by atoms with Crippen LogP contribution in [0.5, 0.6) is 0 Å². The number of hydrogen-bond acceptors (Lipinski definition) is 4. The number of pyridine rings is 1. The van der Waals surface area contributed by atoms with E-state index in [2.05, 4.69) is 15.1 Å². The second-order valence-corrected chi connectivity index (χ2v) is 3.94. The molecule has 3 heterocycles. The highest BCUT2D eigenvalue weighted by Gasteiger charge is 2.20. The van der Waals surface area contributed by atoms with Crippen LogP contribution in [0.25, 0.3) is 11.5 Å². The molecular weight excluding hydrogens is 204 g/mol. The van der Waals surface area contributed by atoms with Gasteiger partial charge in [0.25, 0.3) is 0 Å². The summed E-state index contributed by atoms with van der Waals surface area (Å²) in [5, 5.41) is 13.9. The van der Waals surface area contributed by atoms with Crippen molar-refractivity contribution < 1.29 is 5.11 Å². The average Bonchev–Trinajstić information content (AvgIpc) is 2.73. The van der Waals surface area contributed by atoms with Gasteiger partial charge < -0.3 is 5.11 Å². The first-order valence-corrected chi connectivity index (χ1v) is 5.36. The molecule has 2 aromatic heterocycles. The van der Waals surface area contributed by atoms with E-state index in [9.17, 15) is 5.11 Å². The van der Waals surface area contributed by atoms with E-state index in [1.54, 1.807) is 6.20 Å². The molecule has 0 aliphatic carbocycles. The summed E-state index contributed by atoms with van der Waals surface area (Å²) in [6.07, 6.45) is 2.77. The SMILES string of the molecule is OC1CCn2nc(-c3ccccn3)nc2C1. The van der Waals surface area contributed by atoms with E-state index >= 15 is 0 Å². The summed E-state index contributed by atoms with van der Waals surface area (Å²) in [6.45, 7) is 0.732. The van der Waals surface area contributed by atoms with E-state index in [0.717, 1.165) is 24.5 Å². The van der Waals surface area contributed by atoms with Gasteiger partial charge in [0.15, 0.2) is 5.82 Å². The van der Waals surface area contributed by atoms with Gasteiger partial charge in [-0.25, -0.2) is 9.67 Å². The van der Waals surface area contributed by atoms with Crippen molar-refractivity contribution in [3.63, 3.8) is 0 Å². The van der Waals surface area contributed by atoms with Gasteiger partial charge in [0.05, 0.1) is 6.10 Å². The number of fused-ring (bicyclic) bond motifs is 1. The zero-order chi connectivity index (χ0) is 11.0. The van der Waals surface area contributed by atoms with Crippen molar-refractivity contribution >= 4 is 0 Å². The van der Waals surface area contributed by atoms with Crippen LogP contribution < -0.4 is 0 Å².